The maximum Gasteiger partial charge on any atom is 0.329 e. The number of aliphatic carboxylic acids is 1. The Kier molecular flexibility index (Phi) is 5.05. The van der Waals surface area contributed by atoms with Gasteiger partial charge in [0.05, 0.1) is 21.7 Å². The first-order valence-electron chi connectivity index (χ1n) is 9.06. The molecule has 1 heterocycles. The minimum atomic E-state index is -0.906. The fraction of sp³-hybridized carbons (Fsp3) is 0.273. The standard InChI is InChI=1S/C22H21NO3S/c1-14-23-21(16-5-3-2-4-6-16)22(27-14)17-9-7-15(8-10-17)18-11-19(12-18)26-13-20(24)25/h2-10,18-19H,11-13H2,1H3,(H,24,25). The van der Waals surface area contributed by atoms with E-state index in [1.54, 1.807) is 11.3 Å². The van der Waals surface area contributed by atoms with Crippen LogP contribution in [-0.4, -0.2) is 28.8 Å². The fourth-order valence-corrected chi connectivity index (χ4v) is 4.43. The Labute approximate surface area is 162 Å². The zero-order valence-electron chi connectivity index (χ0n) is 15.1. The quantitative estimate of drug-likeness (QED) is 0.645. The van der Waals surface area contributed by atoms with Crippen LogP contribution in [0.15, 0.2) is 54.6 Å². The lowest BCUT2D eigenvalue weighted by atomic mass is 9.77. The molecule has 3 aromatic rings. The molecule has 0 radical (unpaired) electrons. The molecule has 0 aliphatic heterocycles. The molecule has 1 aromatic heterocycles. The van der Waals surface area contributed by atoms with Crippen LogP contribution in [0.3, 0.4) is 0 Å². The molecule has 1 saturated carbocycles. The van der Waals surface area contributed by atoms with Crippen molar-refractivity contribution in [2.24, 2.45) is 0 Å². The summed E-state index contributed by atoms with van der Waals surface area (Å²) in [6.07, 6.45) is 1.85. The van der Waals surface area contributed by atoms with Crippen molar-refractivity contribution in [3.05, 3.63) is 65.2 Å². The lowest BCUT2D eigenvalue weighted by Crippen LogP contribution is -2.31. The topological polar surface area (TPSA) is 59.4 Å². The van der Waals surface area contributed by atoms with Gasteiger partial charge in [-0.25, -0.2) is 9.78 Å². The molecule has 4 rings (SSSR count). The second kappa shape index (κ2) is 7.62. The van der Waals surface area contributed by atoms with Crippen molar-refractivity contribution in [3.63, 3.8) is 0 Å². The molecule has 0 saturated heterocycles. The molecule has 2 aromatic carbocycles. The number of ether oxygens (including phenoxy) is 1. The minimum absolute atomic E-state index is 0.0691. The van der Waals surface area contributed by atoms with Crippen molar-refractivity contribution in [3.8, 4) is 21.7 Å². The van der Waals surface area contributed by atoms with Crippen molar-refractivity contribution in [1.29, 1.82) is 0 Å². The van der Waals surface area contributed by atoms with Gasteiger partial charge in [-0.15, -0.1) is 11.3 Å². The summed E-state index contributed by atoms with van der Waals surface area (Å²) in [5, 5.41) is 9.74. The van der Waals surface area contributed by atoms with Crippen molar-refractivity contribution >= 4 is 17.3 Å². The summed E-state index contributed by atoms with van der Waals surface area (Å²) in [4.78, 5) is 16.5. The van der Waals surface area contributed by atoms with Gasteiger partial charge in [-0.1, -0.05) is 54.6 Å². The molecule has 0 amide bonds. The molecule has 5 heteroatoms. The van der Waals surface area contributed by atoms with Crippen molar-refractivity contribution in [1.82, 2.24) is 4.98 Å². The molecule has 0 unspecified atom stereocenters. The van der Waals surface area contributed by atoms with Crippen molar-refractivity contribution < 1.29 is 14.6 Å². The van der Waals surface area contributed by atoms with E-state index in [9.17, 15) is 4.79 Å². The summed E-state index contributed by atoms with van der Waals surface area (Å²) in [5.41, 5.74) is 4.65. The highest BCUT2D eigenvalue weighted by molar-refractivity contribution is 7.15. The predicted octanol–water partition coefficient (Wildman–Crippen LogP) is 5.13. The predicted molar refractivity (Wildman–Crippen MR) is 107 cm³/mol. The lowest BCUT2D eigenvalue weighted by molar-refractivity contribution is -0.146. The van der Waals surface area contributed by atoms with E-state index in [4.69, 9.17) is 14.8 Å². The number of aromatic nitrogens is 1. The third-order valence-corrected chi connectivity index (χ3v) is 5.98. The van der Waals surface area contributed by atoms with Gasteiger partial charge in [0.15, 0.2) is 0 Å². The second-order valence-corrected chi connectivity index (χ2v) is 8.10. The molecule has 0 spiro atoms. The second-order valence-electron chi connectivity index (χ2n) is 6.89. The number of hydrogen-bond acceptors (Lipinski definition) is 4. The molecule has 0 bridgehead atoms. The van der Waals surface area contributed by atoms with Crippen LogP contribution in [-0.2, 0) is 9.53 Å². The molecule has 27 heavy (non-hydrogen) atoms. The van der Waals surface area contributed by atoms with Crippen LogP contribution in [0.2, 0.25) is 0 Å². The summed E-state index contributed by atoms with van der Waals surface area (Å²) >= 11 is 1.72. The van der Waals surface area contributed by atoms with Crippen LogP contribution in [0.25, 0.3) is 21.7 Å². The Bertz CT molecular complexity index is 928. The van der Waals surface area contributed by atoms with E-state index in [-0.39, 0.29) is 12.7 Å². The molecule has 138 valence electrons. The van der Waals surface area contributed by atoms with E-state index in [1.165, 1.54) is 16.0 Å². The van der Waals surface area contributed by atoms with Gasteiger partial charge in [0.2, 0.25) is 0 Å². The van der Waals surface area contributed by atoms with Crippen LogP contribution < -0.4 is 0 Å². The van der Waals surface area contributed by atoms with Crippen LogP contribution in [0.4, 0.5) is 0 Å². The van der Waals surface area contributed by atoms with Gasteiger partial charge in [-0.3, -0.25) is 0 Å². The Morgan fingerprint density at radius 1 is 1.11 bits per heavy atom. The van der Waals surface area contributed by atoms with Crippen molar-refractivity contribution in [2.75, 3.05) is 6.61 Å². The zero-order valence-corrected chi connectivity index (χ0v) is 15.9. The van der Waals surface area contributed by atoms with E-state index in [2.05, 4.69) is 36.4 Å². The number of hydrogen-bond donors (Lipinski definition) is 1. The highest BCUT2D eigenvalue weighted by Crippen LogP contribution is 2.41. The molecular weight excluding hydrogens is 358 g/mol. The lowest BCUT2D eigenvalue weighted by Gasteiger charge is -2.35. The third kappa shape index (κ3) is 3.94. The Balaban J connectivity index is 1.49. The number of aryl methyl sites for hydroxylation is 1. The largest absolute Gasteiger partial charge is 0.480 e. The van der Waals surface area contributed by atoms with E-state index in [0.29, 0.717) is 5.92 Å². The molecule has 1 N–H and O–H groups in total. The fourth-order valence-electron chi connectivity index (χ4n) is 3.48. The van der Waals surface area contributed by atoms with Crippen molar-refractivity contribution in [2.45, 2.75) is 31.8 Å². The minimum Gasteiger partial charge on any atom is -0.480 e. The number of rotatable bonds is 6. The summed E-state index contributed by atoms with van der Waals surface area (Å²) in [6.45, 7) is 1.84. The smallest absolute Gasteiger partial charge is 0.329 e. The summed E-state index contributed by atoms with van der Waals surface area (Å²) in [6, 6.07) is 19.0. The summed E-state index contributed by atoms with van der Waals surface area (Å²) < 4.78 is 5.35. The average molecular weight is 379 g/mol. The normalized spacial score (nSPS) is 18.9. The maximum atomic E-state index is 10.6. The van der Waals surface area contributed by atoms with E-state index >= 15 is 0 Å². The van der Waals surface area contributed by atoms with Gasteiger partial charge in [0.25, 0.3) is 0 Å². The van der Waals surface area contributed by atoms with Crippen LogP contribution in [0, 0.1) is 6.92 Å². The van der Waals surface area contributed by atoms with Gasteiger partial charge in [-0.05, 0) is 36.8 Å². The van der Waals surface area contributed by atoms with Crippen LogP contribution >= 0.6 is 11.3 Å². The molecule has 1 fully saturated rings. The van der Waals surface area contributed by atoms with E-state index in [0.717, 1.165) is 29.1 Å². The summed E-state index contributed by atoms with van der Waals surface area (Å²) in [5.74, 6) is -0.452. The third-order valence-electron chi connectivity index (χ3n) is 4.96. The van der Waals surface area contributed by atoms with Gasteiger partial charge >= 0.3 is 5.97 Å². The number of benzene rings is 2. The SMILES string of the molecule is Cc1nc(-c2ccccc2)c(-c2ccc(C3CC(OCC(=O)O)C3)cc2)s1. The maximum absolute atomic E-state index is 10.6. The Hall–Kier alpha value is -2.50. The molecular formula is C22H21NO3S. The Morgan fingerprint density at radius 2 is 1.81 bits per heavy atom. The molecule has 0 atom stereocenters. The van der Waals surface area contributed by atoms with E-state index in [1.807, 2.05) is 25.1 Å². The number of nitrogens with zero attached hydrogens (tertiary/aromatic N) is 1. The van der Waals surface area contributed by atoms with Gasteiger partial charge in [-0.2, -0.15) is 0 Å². The first kappa shape index (κ1) is 17.9. The first-order valence-corrected chi connectivity index (χ1v) is 9.88. The Morgan fingerprint density at radius 3 is 2.48 bits per heavy atom. The number of carboxylic acids is 1. The highest BCUT2D eigenvalue weighted by Gasteiger charge is 2.31. The number of carbonyl (C=O) groups is 1. The summed E-state index contributed by atoms with van der Waals surface area (Å²) in [7, 11) is 0. The zero-order chi connectivity index (χ0) is 18.8. The number of thiazole rings is 1. The van der Waals surface area contributed by atoms with E-state index < -0.39 is 5.97 Å². The highest BCUT2D eigenvalue weighted by atomic mass is 32.1. The molecule has 1 aliphatic carbocycles. The average Bonchev–Trinajstić information content (AvgIpc) is 3.03. The number of carboxylic acid groups (broad SMARTS) is 1. The van der Waals surface area contributed by atoms with Crippen LogP contribution in [0.5, 0.6) is 0 Å². The van der Waals surface area contributed by atoms with Gasteiger partial charge < -0.3 is 9.84 Å². The van der Waals surface area contributed by atoms with Gasteiger partial charge in [0.1, 0.15) is 6.61 Å². The monoisotopic (exact) mass is 379 g/mol. The van der Waals surface area contributed by atoms with Gasteiger partial charge in [0, 0.05) is 5.56 Å². The molecule has 4 nitrogen and oxygen atoms in total. The van der Waals surface area contributed by atoms with Crippen LogP contribution in [0.1, 0.15) is 29.3 Å². The first-order chi connectivity index (χ1) is 13.1. The molecule has 1 aliphatic rings.